The van der Waals surface area contributed by atoms with E-state index in [0.29, 0.717) is 10.2 Å². The number of hydrogen-bond donors (Lipinski definition) is 1. The normalized spacial score (nSPS) is 12.7. The monoisotopic (exact) mass is 319 g/mol. The molecule has 1 N–H and O–H groups in total. The summed E-state index contributed by atoms with van der Waals surface area (Å²) in [6.45, 7) is 0. The minimum atomic E-state index is -1.48. The predicted octanol–water partition coefficient (Wildman–Crippen LogP) is 3.77. The molecule has 1 aromatic heterocycles. The van der Waals surface area contributed by atoms with Crippen molar-refractivity contribution in [3.05, 3.63) is 57.7 Å². The molecule has 0 radical (unpaired) electrons. The zero-order valence-corrected chi connectivity index (χ0v) is 10.9. The van der Waals surface area contributed by atoms with E-state index in [2.05, 4.69) is 21.2 Å². The van der Waals surface area contributed by atoms with Crippen LogP contribution in [0.25, 0.3) is 0 Å². The van der Waals surface area contributed by atoms with Crippen LogP contribution < -0.4 is 5.32 Å². The van der Waals surface area contributed by atoms with Crippen LogP contribution in [0.3, 0.4) is 0 Å². The van der Waals surface area contributed by atoms with Gasteiger partial charge in [-0.05, 0) is 35.1 Å². The van der Waals surface area contributed by atoms with E-state index in [1.54, 1.807) is 13.1 Å². The Morgan fingerprint density at radius 1 is 1.11 bits per heavy atom. The smallest absolute Gasteiger partial charge is 0.194 e. The number of benzene rings is 1. The predicted molar refractivity (Wildman–Crippen MR) is 63.6 cm³/mol. The van der Waals surface area contributed by atoms with Gasteiger partial charge >= 0.3 is 0 Å². The Morgan fingerprint density at radius 2 is 1.83 bits per heavy atom. The van der Waals surface area contributed by atoms with Gasteiger partial charge in [0, 0.05) is 11.1 Å². The van der Waals surface area contributed by atoms with Gasteiger partial charge in [0.2, 0.25) is 0 Å². The maximum Gasteiger partial charge on any atom is 0.194 e. The molecule has 2 rings (SSSR count). The third-order valence-electron chi connectivity index (χ3n) is 2.62. The highest BCUT2D eigenvalue weighted by atomic mass is 79.9. The van der Waals surface area contributed by atoms with E-state index in [1.165, 1.54) is 12.3 Å². The maximum atomic E-state index is 13.7. The maximum absolute atomic E-state index is 13.7. The highest BCUT2D eigenvalue weighted by Crippen LogP contribution is 2.31. The summed E-state index contributed by atoms with van der Waals surface area (Å²) < 4.78 is 45.3. The van der Waals surface area contributed by atoms with Crippen LogP contribution in [0.4, 0.5) is 13.2 Å². The van der Waals surface area contributed by atoms with Gasteiger partial charge in [-0.3, -0.25) is 0 Å². The van der Waals surface area contributed by atoms with E-state index in [-0.39, 0.29) is 5.56 Å². The molecule has 0 saturated carbocycles. The summed E-state index contributed by atoms with van der Waals surface area (Å²) in [6.07, 6.45) is 1.42. The highest BCUT2D eigenvalue weighted by molar-refractivity contribution is 9.10. The summed E-state index contributed by atoms with van der Waals surface area (Å²) in [6, 6.07) is 3.08. The van der Waals surface area contributed by atoms with Crippen LogP contribution >= 0.6 is 15.9 Å². The van der Waals surface area contributed by atoms with Crippen molar-refractivity contribution in [3.8, 4) is 0 Å². The zero-order valence-electron chi connectivity index (χ0n) is 9.31. The van der Waals surface area contributed by atoms with Crippen LogP contribution in [0, 0.1) is 17.5 Å². The third kappa shape index (κ3) is 2.18. The van der Waals surface area contributed by atoms with Crippen molar-refractivity contribution >= 4 is 15.9 Å². The molecule has 0 aliphatic heterocycles. The van der Waals surface area contributed by atoms with E-state index in [1.807, 2.05) is 0 Å². The summed E-state index contributed by atoms with van der Waals surface area (Å²) in [5.41, 5.74) is 0.612. The van der Waals surface area contributed by atoms with Crippen molar-refractivity contribution in [2.45, 2.75) is 6.04 Å². The molecule has 6 heteroatoms. The van der Waals surface area contributed by atoms with Crippen LogP contribution in [0.2, 0.25) is 0 Å². The topological polar surface area (TPSA) is 25.2 Å². The summed E-state index contributed by atoms with van der Waals surface area (Å²) in [5.74, 6) is -3.90. The minimum absolute atomic E-state index is 0.0125. The molecule has 0 spiro atoms. The average molecular weight is 320 g/mol. The van der Waals surface area contributed by atoms with Crippen LogP contribution in [-0.2, 0) is 0 Å². The molecule has 0 saturated heterocycles. The van der Waals surface area contributed by atoms with Gasteiger partial charge in [-0.25, -0.2) is 13.2 Å². The summed E-state index contributed by atoms with van der Waals surface area (Å²) in [5, 5.41) is 2.83. The molecular formula is C12H9BrF3NO. The number of rotatable bonds is 3. The first-order valence-corrected chi connectivity index (χ1v) is 5.89. The van der Waals surface area contributed by atoms with Crippen LogP contribution in [0.15, 0.2) is 33.5 Å². The molecule has 0 bridgehead atoms. The van der Waals surface area contributed by atoms with Gasteiger partial charge in [0.1, 0.15) is 0 Å². The van der Waals surface area contributed by atoms with E-state index in [4.69, 9.17) is 4.42 Å². The Bertz CT molecular complexity index is 570. The lowest BCUT2D eigenvalue weighted by Gasteiger charge is -2.16. The van der Waals surface area contributed by atoms with E-state index in [0.717, 1.165) is 6.07 Å². The zero-order chi connectivity index (χ0) is 13.3. The van der Waals surface area contributed by atoms with Gasteiger partial charge in [-0.15, -0.1) is 0 Å². The number of furan rings is 1. The van der Waals surface area contributed by atoms with Gasteiger partial charge in [-0.1, -0.05) is 6.07 Å². The largest absolute Gasteiger partial charge is 0.457 e. The van der Waals surface area contributed by atoms with Crippen molar-refractivity contribution < 1.29 is 17.6 Å². The van der Waals surface area contributed by atoms with E-state index >= 15 is 0 Å². The summed E-state index contributed by atoms with van der Waals surface area (Å²) in [4.78, 5) is 0. The second-order valence-corrected chi connectivity index (χ2v) is 4.36. The first-order chi connectivity index (χ1) is 8.56. The first kappa shape index (κ1) is 13.2. The second kappa shape index (κ2) is 5.16. The molecule has 0 aliphatic carbocycles. The minimum Gasteiger partial charge on any atom is -0.457 e. The Labute approximate surface area is 110 Å². The van der Waals surface area contributed by atoms with Crippen molar-refractivity contribution in [3.63, 3.8) is 0 Å². The number of hydrogen-bond acceptors (Lipinski definition) is 2. The lowest BCUT2D eigenvalue weighted by Crippen LogP contribution is -2.19. The molecule has 2 aromatic rings. The first-order valence-electron chi connectivity index (χ1n) is 5.09. The Kier molecular flexibility index (Phi) is 3.77. The quantitative estimate of drug-likeness (QED) is 0.871. The molecule has 1 unspecified atom stereocenters. The van der Waals surface area contributed by atoms with Gasteiger partial charge < -0.3 is 9.73 Å². The molecule has 18 heavy (non-hydrogen) atoms. The van der Waals surface area contributed by atoms with Gasteiger partial charge in [0.25, 0.3) is 0 Å². The highest BCUT2D eigenvalue weighted by Gasteiger charge is 2.23. The number of halogens is 4. The van der Waals surface area contributed by atoms with Crippen LogP contribution in [0.5, 0.6) is 0 Å². The molecule has 1 atom stereocenters. The van der Waals surface area contributed by atoms with Crippen molar-refractivity contribution in [2.75, 3.05) is 7.05 Å². The second-order valence-electron chi connectivity index (χ2n) is 3.64. The molecule has 1 aromatic carbocycles. The molecule has 0 amide bonds. The molecule has 2 nitrogen and oxygen atoms in total. The molecular weight excluding hydrogens is 311 g/mol. The fraction of sp³-hybridized carbons (Fsp3) is 0.167. The van der Waals surface area contributed by atoms with Gasteiger partial charge in [0.05, 0.1) is 12.3 Å². The van der Waals surface area contributed by atoms with Crippen LogP contribution in [-0.4, -0.2) is 7.05 Å². The third-order valence-corrected chi connectivity index (χ3v) is 3.27. The van der Waals surface area contributed by atoms with E-state index in [9.17, 15) is 13.2 Å². The SMILES string of the molecule is CNC(c1ccoc1Br)c1ccc(F)c(F)c1F. The van der Waals surface area contributed by atoms with Gasteiger partial charge in [-0.2, -0.15) is 0 Å². The Morgan fingerprint density at radius 3 is 2.39 bits per heavy atom. The molecule has 96 valence electrons. The average Bonchev–Trinajstić information content (AvgIpc) is 2.77. The van der Waals surface area contributed by atoms with Crippen molar-refractivity contribution in [2.24, 2.45) is 0 Å². The molecule has 0 aliphatic rings. The summed E-state index contributed by atoms with van der Waals surface area (Å²) >= 11 is 3.17. The van der Waals surface area contributed by atoms with Crippen molar-refractivity contribution in [1.29, 1.82) is 0 Å². The lowest BCUT2D eigenvalue weighted by molar-refractivity contribution is 0.434. The Balaban J connectivity index is 2.53. The molecule has 1 heterocycles. The number of nitrogens with one attached hydrogen (secondary N) is 1. The van der Waals surface area contributed by atoms with E-state index < -0.39 is 23.5 Å². The fourth-order valence-corrected chi connectivity index (χ4v) is 2.22. The Hall–Kier alpha value is -1.27. The lowest BCUT2D eigenvalue weighted by atomic mass is 10.0. The van der Waals surface area contributed by atoms with Crippen molar-refractivity contribution in [1.82, 2.24) is 5.32 Å². The molecule has 0 fully saturated rings. The van der Waals surface area contributed by atoms with Crippen LogP contribution in [0.1, 0.15) is 17.2 Å². The van der Waals surface area contributed by atoms with Gasteiger partial charge in [0.15, 0.2) is 22.1 Å². The standard InChI is InChI=1S/C12H9BrF3NO/c1-17-11(7-4-5-18-12(7)13)6-2-3-8(14)10(16)9(6)15/h2-5,11,17H,1H3. The fourth-order valence-electron chi connectivity index (χ4n) is 1.75. The summed E-state index contributed by atoms with van der Waals surface area (Å²) in [7, 11) is 1.59.